The number of anilines is 4. The van der Waals surface area contributed by atoms with Gasteiger partial charge in [-0.15, -0.1) is 0 Å². The topological polar surface area (TPSA) is 175 Å². The normalized spacial score (nSPS) is 17.4. The fourth-order valence-electron chi connectivity index (χ4n) is 9.41. The van der Waals surface area contributed by atoms with Crippen molar-refractivity contribution in [2.24, 2.45) is 5.73 Å². The van der Waals surface area contributed by atoms with Gasteiger partial charge in [0.15, 0.2) is 0 Å². The Hall–Kier alpha value is -7.86. The number of likely N-dealkylation sites (tertiary alicyclic amines) is 2. The second-order valence-corrected chi connectivity index (χ2v) is 20.9. The van der Waals surface area contributed by atoms with E-state index in [1.807, 2.05) is 51.6 Å². The van der Waals surface area contributed by atoms with Crippen molar-refractivity contribution < 1.29 is 59.3 Å². The summed E-state index contributed by atoms with van der Waals surface area (Å²) >= 11 is 0. The summed E-state index contributed by atoms with van der Waals surface area (Å²) in [5.41, 5.74) is 8.90. The van der Waals surface area contributed by atoms with Gasteiger partial charge in [-0.3, -0.25) is 4.79 Å². The third kappa shape index (κ3) is 18.6. The van der Waals surface area contributed by atoms with E-state index in [2.05, 4.69) is 50.3 Å². The van der Waals surface area contributed by atoms with Crippen molar-refractivity contribution in [1.29, 1.82) is 0 Å². The Kier molecular flexibility index (Phi) is 22.4. The molecule has 4 atom stereocenters. The monoisotopic (exact) mass is 1160 g/mol. The van der Waals surface area contributed by atoms with Crippen LogP contribution in [0.5, 0.6) is 11.5 Å². The van der Waals surface area contributed by atoms with Crippen LogP contribution in [0.25, 0.3) is 21.8 Å². The number of hydrogen-bond acceptors (Lipinski definition) is 11. The number of halogens is 8. The summed E-state index contributed by atoms with van der Waals surface area (Å²) in [5, 5.41) is 25.5. The number of carboxylic acids is 1. The first-order valence-electron chi connectivity index (χ1n) is 26.9. The lowest BCUT2D eigenvalue weighted by Gasteiger charge is -2.33. The van der Waals surface area contributed by atoms with Crippen molar-refractivity contribution in [3.63, 3.8) is 0 Å². The number of nitrogens with two attached hydrogens (primary N) is 1. The molecule has 2 aliphatic rings. The van der Waals surface area contributed by atoms with Crippen LogP contribution >= 0.6 is 0 Å². The highest BCUT2D eigenvalue weighted by atomic mass is 19.4. The van der Waals surface area contributed by atoms with Crippen LogP contribution in [0, 0.1) is 23.7 Å². The number of rotatable bonds is 15. The third-order valence-corrected chi connectivity index (χ3v) is 13.2. The molecule has 0 spiro atoms. The first kappa shape index (κ1) is 64.3. The Morgan fingerprint density at radius 1 is 0.651 bits per heavy atom. The largest absolute Gasteiger partial charge is 0.495 e. The van der Waals surface area contributed by atoms with Gasteiger partial charge < -0.3 is 65.8 Å². The minimum absolute atomic E-state index is 0.0174. The van der Waals surface area contributed by atoms with Crippen LogP contribution in [-0.4, -0.2) is 152 Å². The fourth-order valence-corrected chi connectivity index (χ4v) is 9.41. The minimum atomic E-state index is -4.47. The zero-order valence-electron chi connectivity index (χ0n) is 47.6. The third-order valence-electron chi connectivity index (χ3n) is 13.2. The van der Waals surface area contributed by atoms with Gasteiger partial charge in [0.2, 0.25) is 0 Å². The maximum atomic E-state index is 14.7. The van der Waals surface area contributed by atoms with E-state index in [-0.39, 0.29) is 48.5 Å². The summed E-state index contributed by atoms with van der Waals surface area (Å²) in [4.78, 5) is 27.3. The predicted octanol–water partition coefficient (Wildman–Crippen LogP) is 10.4. The van der Waals surface area contributed by atoms with Gasteiger partial charge in [0.25, 0.3) is 5.91 Å². The van der Waals surface area contributed by atoms with Crippen LogP contribution in [0.4, 0.5) is 57.9 Å². The number of fused-ring (bicyclic) bond motifs is 2. The first-order valence-corrected chi connectivity index (χ1v) is 26.9. The lowest BCUT2D eigenvalue weighted by molar-refractivity contribution is -0.140. The van der Waals surface area contributed by atoms with Gasteiger partial charge in [0, 0.05) is 59.9 Å². The van der Waals surface area contributed by atoms with Crippen LogP contribution in [0.2, 0.25) is 0 Å². The molecule has 15 nitrogen and oxygen atoms in total. The quantitative estimate of drug-likeness (QED) is 0.0384. The van der Waals surface area contributed by atoms with Crippen LogP contribution < -0.4 is 41.8 Å². The molecule has 4 aromatic carbocycles. The second-order valence-electron chi connectivity index (χ2n) is 20.9. The standard InChI is InChI=1S/C30H35F4N5O2.C27H28F4N4O3.C3H9N/c1-19(2)36-29(40)20-10-11-26(28(15-20)41-4)35-13-6-7-21-16-22-24(37-25-12-14-38(3)17-23(25)31)8-5-9-27(22)39(21)18-30(32,33)34;1-34-12-10-22(20(28)15-34)33-21-6-3-7-24-19(21)14-18(35(24)16-27(29,30)31)5-4-11-32-23-9-8-17(26(36)37)13-25(23)38-2;1-3(2)4/h5,8-11,15-16,19,23,25,35,37H,12-14,17-18H2,1-4H3,(H,36,40);3,6-9,13-14,20,22,32-33H,10-12,15-16H2,1-2H3,(H,36,37);3H,4H2,1-2H3/t23-,25?;20-,22?;/m11./s1. The maximum Gasteiger partial charge on any atom is 0.406 e. The van der Waals surface area contributed by atoms with Gasteiger partial charge in [-0.1, -0.05) is 37.8 Å². The van der Waals surface area contributed by atoms with Crippen molar-refractivity contribution in [2.75, 3.05) is 88.9 Å². The zero-order chi connectivity index (χ0) is 60.8. The fraction of sp³-hybridized carbons (Fsp3) is 0.433. The number of carbonyl (C=O) groups is 2. The van der Waals surface area contributed by atoms with E-state index in [0.29, 0.717) is 87.0 Å². The molecule has 2 saturated heterocycles. The van der Waals surface area contributed by atoms with E-state index in [0.717, 1.165) is 22.2 Å². The highest BCUT2D eigenvalue weighted by molar-refractivity contribution is 5.96. The van der Waals surface area contributed by atoms with E-state index < -0.39 is 55.8 Å². The van der Waals surface area contributed by atoms with E-state index in [4.69, 9.17) is 20.3 Å². The summed E-state index contributed by atoms with van der Waals surface area (Å²) in [6.45, 7) is 7.41. The molecule has 8 N–H and O–H groups in total. The van der Waals surface area contributed by atoms with Crippen LogP contribution in [0.15, 0.2) is 84.9 Å². The Morgan fingerprint density at radius 2 is 1.06 bits per heavy atom. The van der Waals surface area contributed by atoms with Crippen molar-refractivity contribution in [1.82, 2.24) is 24.3 Å². The van der Waals surface area contributed by atoms with Gasteiger partial charge in [0.05, 0.1) is 78.8 Å². The number of aromatic nitrogens is 2. The SMILES string of the molecule is CC(C)N.COc1cc(C(=O)NC(C)C)ccc1NCC#Cc1cc2c(NC3CCN(C)C[C@H]3F)cccc2n1CC(F)(F)F.COc1cc(C(=O)O)ccc1NCC#Cc1cc2c(NC3CCN(C)C[C@H]3F)cccc2n1CC(F)(F)F. The van der Waals surface area contributed by atoms with Crippen molar-refractivity contribution in [3.05, 3.63) is 107 Å². The molecular formula is C60H72F8N10O5. The summed E-state index contributed by atoms with van der Waals surface area (Å²) in [7, 11) is 6.59. The number of aromatic carboxylic acids is 1. The number of nitrogens with zero attached hydrogens (tertiary/aromatic N) is 4. The van der Waals surface area contributed by atoms with Gasteiger partial charge in [-0.05, 0) is 131 Å². The molecule has 2 fully saturated rings. The molecule has 0 bridgehead atoms. The molecule has 0 radical (unpaired) electrons. The molecule has 0 saturated carbocycles. The molecule has 2 aliphatic heterocycles. The Morgan fingerprint density at radius 3 is 1.43 bits per heavy atom. The molecule has 448 valence electrons. The van der Waals surface area contributed by atoms with Gasteiger partial charge in [0.1, 0.15) is 36.9 Å². The molecule has 83 heavy (non-hydrogen) atoms. The average Bonchev–Trinajstić information content (AvgIpc) is 2.80. The number of benzene rings is 4. The number of alkyl halides is 8. The Labute approximate surface area is 478 Å². The molecule has 4 heterocycles. The maximum absolute atomic E-state index is 14.7. The molecule has 8 rings (SSSR count). The van der Waals surface area contributed by atoms with E-state index in [9.17, 15) is 44.7 Å². The van der Waals surface area contributed by atoms with Crippen molar-refractivity contribution in [2.45, 2.75) is 102 Å². The smallest absolute Gasteiger partial charge is 0.406 e. The molecule has 2 unspecified atom stereocenters. The number of hydrogen-bond donors (Lipinski definition) is 7. The number of amides is 1. The predicted molar refractivity (Wildman–Crippen MR) is 310 cm³/mol. The van der Waals surface area contributed by atoms with E-state index in [1.54, 1.807) is 66.7 Å². The minimum Gasteiger partial charge on any atom is -0.495 e. The molecule has 1 amide bonds. The van der Waals surface area contributed by atoms with Crippen molar-refractivity contribution >= 4 is 56.4 Å². The van der Waals surface area contributed by atoms with Crippen molar-refractivity contribution in [3.8, 4) is 35.2 Å². The second kappa shape index (κ2) is 28.9. The lowest BCUT2D eigenvalue weighted by Crippen LogP contribution is -2.46. The summed E-state index contributed by atoms with van der Waals surface area (Å²) in [6.07, 6.45) is -9.97. The highest BCUT2D eigenvalue weighted by Gasteiger charge is 2.33. The number of methoxy groups -OCH3 is 2. The molecule has 2 aromatic heterocycles. The molecule has 23 heteroatoms. The molecule has 0 aliphatic carbocycles. The van der Waals surface area contributed by atoms with Gasteiger partial charge in [-0.25, -0.2) is 13.6 Å². The summed E-state index contributed by atoms with van der Waals surface area (Å²) in [5.74, 6) is 10.8. The van der Waals surface area contributed by atoms with Crippen LogP contribution in [0.1, 0.15) is 72.6 Å². The first-order chi connectivity index (χ1) is 39.2. The van der Waals surface area contributed by atoms with Gasteiger partial charge in [-0.2, -0.15) is 26.3 Å². The van der Waals surface area contributed by atoms with E-state index in [1.165, 1.54) is 32.4 Å². The van der Waals surface area contributed by atoms with Crippen LogP contribution in [0.3, 0.4) is 0 Å². The average molecular weight is 1170 g/mol. The molecule has 6 aromatic rings. The number of nitrogens with one attached hydrogen (secondary N) is 5. The Balaban J connectivity index is 0.000000251. The highest BCUT2D eigenvalue weighted by Crippen LogP contribution is 2.34. The zero-order valence-corrected chi connectivity index (χ0v) is 47.6. The van der Waals surface area contributed by atoms with Crippen LogP contribution in [-0.2, 0) is 13.1 Å². The molecular weight excluding hydrogens is 1090 g/mol. The Bertz CT molecular complexity index is 3300. The number of carbonyl (C=O) groups excluding carboxylic acids is 1. The number of carboxylic acid groups (broad SMARTS) is 1. The lowest BCUT2D eigenvalue weighted by atomic mass is 10.0. The summed E-state index contributed by atoms with van der Waals surface area (Å²) in [6, 6.07) is 21.9. The van der Waals surface area contributed by atoms with Gasteiger partial charge >= 0.3 is 18.3 Å². The van der Waals surface area contributed by atoms with E-state index >= 15 is 0 Å². The summed E-state index contributed by atoms with van der Waals surface area (Å²) < 4.78 is 123. The number of piperidine rings is 2. The number of ether oxygens (including phenoxy) is 2.